The van der Waals surface area contributed by atoms with Crippen LogP contribution in [-0.4, -0.2) is 36.5 Å². The fraction of sp³-hybridized carbons (Fsp3) is 1.00. The fourth-order valence-electron chi connectivity index (χ4n) is 0.389. The van der Waals surface area contributed by atoms with Gasteiger partial charge < -0.3 is 0 Å². The first-order valence-electron chi connectivity index (χ1n) is 2.98. The molecule has 0 aliphatic carbocycles. The summed E-state index contributed by atoms with van der Waals surface area (Å²) in [5, 5.41) is 1.23. The van der Waals surface area contributed by atoms with Crippen molar-refractivity contribution in [2.24, 2.45) is 0 Å². The molecular formula is C5H11LiOS. The zero-order valence-electron chi connectivity index (χ0n) is 5.64. The molecule has 0 saturated heterocycles. The van der Waals surface area contributed by atoms with Crippen molar-refractivity contribution in [1.82, 2.24) is 0 Å². The Labute approximate surface area is 64.8 Å². The zero-order chi connectivity index (χ0) is 6.24. The van der Waals surface area contributed by atoms with E-state index in [0.717, 1.165) is 12.5 Å². The molecule has 0 bridgehead atoms. The van der Waals surface area contributed by atoms with Crippen molar-refractivity contribution >= 4 is 29.5 Å². The van der Waals surface area contributed by atoms with Crippen LogP contribution in [0.4, 0.5) is 0 Å². The molecule has 0 rings (SSSR count). The van der Waals surface area contributed by atoms with Gasteiger partial charge in [-0.05, 0) is 0 Å². The van der Waals surface area contributed by atoms with Crippen molar-refractivity contribution in [2.45, 2.75) is 11.5 Å². The van der Waals surface area contributed by atoms with E-state index in [1.165, 1.54) is 11.5 Å². The maximum atomic E-state index is 5.19. The third-order valence-corrected chi connectivity index (χ3v) is 1.25. The first-order chi connectivity index (χ1) is 3.91. The van der Waals surface area contributed by atoms with Gasteiger partial charge in [0, 0.05) is 0 Å². The average Bonchev–Trinajstić information content (AvgIpc) is 1.81. The summed E-state index contributed by atoms with van der Waals surface area (Å²) in [6.45, 7) is 0.928. The Morgan fingerprint density at radius 3 is 2.88 bits per heavy atom. The van der Waals surface area contributed by atoms with Crippen LogP contribution >= 0.6 is 11.8 Å². The van der Waals surface area contributed by atoms with Crippen LogP contribution in [-0.2, 0) is 4.74 Å². The van der Waals surface area contributed by atoms with Crippen LogP contribution in [0.5, 0.6) is 0 Å². The van der Waals surface area contributed by atoms with Gasteiger partial charge >= 0.3 is 64.5 Å². The third kappa shape index (κ3) is 6.91. The van der Waals surface area contributed by atoms with E-state index >= 15 is 0 Å². The van der Waals surface area contributed by atoms with Gasteiger partial charge in [0.1, 0.15) is 0 Å². The molecule has 0 radical (unpaired) electrons. The molecule has 44 valence electrons. The minimum absolute atomic E-state index is 0.847. The Kier molecular flexibility index (Phi) is 8.80. The summed E-state index contributed by atoms with van der Waals surface area (Å²) in [7, 11) is 0. The first-order valence-corrected chi connectivity index (χ1v) is 4.38. The summed E-state index contributed by atoms with van der Waals surface area (Å²) in [4.78, 5) is 0. The van der Waals surface area contributed by atoms with E-state index in [1.54, 1.807) is 11.8 Å². The van der Waals surface area contributed by atoms with Gasteiger partial charge in [0.2, 0.25) is 0 Å². The number of hydrogen-bond donors (Lipinski definition) is 0. The van der Waals surface area contributed by atoms with Crippen molar-refractivity contribution < 1.29 is 4.74 Å². The molecule has 0 amide bonds. The van der Waals surface area contributed by atoms with Crippen LogP contribution in [0.25, 0.3) is 0 Å². The van der Waals surface area contributed by atoms with Crippen LogP contribution in [0.3, 0.4) is 0 Å². The second kappa shape index (κ2) is 7.91. The van der Waals surface area contributed by atoms with E-state index in [-0.39, 0.29) is 0 Å². The Morgan fingerprint density at radius 1 is 1.62 bits per heavy atom. The predicted molar refractivity (Wildman–Crippen MR) is 39.5 cm³/mol. The molecule has 1 nitrogen and oxygen atoms in total. The SMILES string of the molecule is [Li][CH2]CCOCSC. The monoisotopic (exact) mass is 126 g/mol. The standard InChI is InChI=1S/C5H11OS.Li/c1-3-4-6-5-7-2;/h1,3-5H2,2H3;. The van der Waals surface area contributed by atoms with Crippen molar-refractivity contribution in [3.8, 4) is 0 Å². The predicted octanol–water partition coefficient (Wildman–Crippen LogP) is 1.30. The molecule has 0 aliphatic heterocycles. The van der Waals surface area contributed by atoms with E-state index in [1.807, 2.05) is 6.26 Å². The molecule has 0 N–H and O–H groups in total. The molecule has 0 unspecified atom stereocenters. The van der Waals surface area contributed by atoms with Crippen LogP contribution < -0.4 is 0 Å². The summed E-state index contributed by atoms with van der Waals surface area (Å²) in [6.07, 6.45) is 3.24. The Bertz CT molecular complexity index is 37.4. The summed E-state index contributed by atoms with van der Waals surface area (Å²) >= 11 is 3.90. The first kappa shape index (κ1) is 8.91. The normalized spacial score (nSPS) is 9.88. The molecule has 3 heteroatoms. The maximum absolute atomic E-state index is 5.19. The minimum atomic E-state index is 0.847. The van der Waals surface area contributed by atoms with Crippen molar-refractivity contribution in [3.05, 3.63) is 0 Å². The van der Waals surface area contributed by atoms with Crippen LogP contribution in [0, 0.1) is 0 Å². The molecule has 8 heavy (non-hydrogen) atoms. The number of ether oxygens (including phenoxy) is 1. The molecule has 0 saturated carbocycles. The molecule has 0 aromatic heterocycles. The van der Waals surface area contributed by atoms with Crippen molar-refractivity contribution in [1.29, 1.82) is 0 Å². The second-order valence-corrected chi connectivity index (χ2v) is 2.48. The second-order valence-electron chi connectivity index (χ2n) is 1.67. The number of rotatable bonds is 5. The molecule has 0 heterocycles. The summed E-state index contributed by atoms with van der Waals surface area (Å²) < 4.78 is 5.19. The Hall–Kier alpha value is 0.907. The van der Waals surface area contributed by atoms with E-state index in [9.17, 15) is 0 Å². The van der Waals surface area contributed by atoms with Crippen LogP contribution in [0.2, 0.25) is 5.09 Å². The molecule has 0 aliphatic rings. The van der Waals surface area contributed by atoms with E-state index in [4.69, 9.17) is 4.74 Å². The van der Waals surface area contributed by atoms with Gasteiger partial charge in [-0.1, -0.05) is 0 Å². The van der Waals surface area contributed by atoms with Crippen LogP contribution in [0.15, 0.2) is 0 Å². The van der Waals surface area contributed by atoms with Gasteiger partial charge in [0.05, 0.1) is 0 Å². The third-order valence-electron chi connectivity index (χ3n) is 0.843. The van der Waals surface area contributed by atoms with E-state index < -0.39 is 0 Å². The van der Waals surface area contributed by atoms with E-state index in [2.05, 4.69) is 17.7 Å². The molecule has 0 aromatic rings. The number of thioether (sulfide) groups is 1. The van der Waals surface area contributed by atoms with Gasteiger partial charge in [-0.15, -0.1) is 0 Å². The van der Waals surface area contributed by atoms with Gasteiger partial charge in [0.15, 0.2) is 0 Å². The average molecular weight is 126 g/mol. The van der Waals surface area contributed by atoms with Crippen molar-refractivity contribution in [3.63, 3.8) is 0 Å². The quantitative estimate of drug-likeness (QED) is 0.312. The van der Waals surface area contributed by atoms with Crippen LogP contribution in [0.1, 0.15) is 6.42 Å². The zero-order valence-corrected chi connectivity index (χ0v) is 6.46. The molecule has 0 spiro atoms. The van der Waals surface area contributed by atoms with Gasteiger partial charge in [0.25, 0.3) is 0 Å². The van der Waals surface area contributed by atoms with Gasteiger partial charge in [-0.2, -0.15) is 0 Å². The molecule has 0 aromatic carbocycles. The number of hydrogen-bond acceptors (Lipinski definition) is 2. The molecular weight excluding hydrogens is 115 g/mol. The molecule has 0 fully saturated rings. The Morgan fingerprint density at radius 2 is 2.38 bits per heavy atom. The van der Waals surface area contributed by atoms with Gasteiger partial charge in [-0.25, -0.2) is 0 Å². The fourth-order valence-corrected chi connectivity index (χ4v) is 0.673. The summed E-state index contributed by atoms with van der Waals surface area (Å²) in [6, 6.07) is 0. The Balaban J connectivity index is 2.53. The molecule has 0 atom stereocenters. The van der Waals surface area contributed by atoms with Crippen molar-refractivity contribution in [2.75, 3.05) is 18.8 Å². The summed E-state index contributed by atoms with van der Waals surface area (Å²) in [5.41, 5.74) is 0. The van der Waals surface area contributed by atoms with E-state index in [0.29, 0.717) is 0 Å². The summed E-state index contributed by atoms with van der Waals surface area (Å²) in [5.74, 6) is 0.847. The topological polar surface area (TPSA) is 9.23 Å². The van der Waals surface area contributed by atoms with Gasteiger partial charge in [-0.3, -0.25) is 0 Å².